The fourth-order valence-electron chi connectivity index (χ4n) is 5.43. The van der Waals surface area contributed by atoms with E-state index in [-0.39, 0.29) is 18.8 Å². The molecule has 0 N–H and O–H groups in total. The highest BCUT2D eigenvalue weighted by atomic mass is 16.7. The van der Waals surface area contributed by atoms with E-state index in [1.807, 2.05) is 6.07 Å². The van der Waals surface area contributed by atoms with Crippen LogP contribution in [-0.2, 0) is 6.42 Å². The van der Waals surface area contributed by atoms with Crippen molar-refractivity contribution in [2.45, 2.75) is 18.4 Å². The average Bonchev–Trinajstić information content (AvgIpc) is 3.33. The Labute approximate surface area is 193 Å². The summed E-state index contributed by atoms with van der Waals surface area (Å²) in [5.74, 6) is 3.33. The molecular formula is C28H26NO4+. The summed E-state index contributed by atoms with van der Waals surface area (Å²) in [5.41, 5.74) is 7.39. The highest BCUT2D eigenvalue weighted by molar-refractivity contribution is 5.87. The summed E-state index contributed by atoms with van der Waals surface area (Å²) in [7, 11) is 5.51. The number of hydrogen-bond acceptors (Lipinski definition) is 4. The molecule has 2 aliphatic heterocycles. The lowest BCUT2D eigenvalue weighted by Gasteiger charge is -2.34. The third-order valence-electron chi connectivity index (χ3n) is 6.92. The van der Waals surface area contributed by atoms with Gasteiger partial charge in [0.05, 0.1) is 25.7 Å². The van der Waals surface area contributed by atoms with Gasteiger partial charge in [0, 0.05) is 5.56 Å². The van der Waals surface area contributed by atoms with Gasteiger partial charge in [-0.1, -0.05) is 42.5 Å². The lowest BCUT2D eigenvalue weighted by atomic mass is 9.73. The van der Waals surface area contributed by atoms with Gasteiger partial charge in [0.15, 0.2) is 35.3 Å². The number of rotatable bonds is 4. The van der Waals surface area contributed by atoms with Crippen molar-refractivity contribution in [2.24, 2.45) is 0 Å². The molecule has 0 radical (unpaired) electrons. The van der Waals surface area contributed by atoms with Crippen LogP contribution in [0.1, 0.15) is 39.8 Å². The zero-order valence-corrected chi connectivity index (χ0v) is 19.0. The summed E-state index contributed by atoms with van der Waals surface area (Å²) >= 11 is 0. The number of hydrogen-bond donors (Lipinski definition) is 0. The van der Waals surface area contributed by atoms with Crippen molar-refractivity contribution in [2.75, 3.05) is 28.1 Å². The molecule has 0 saturated heterocycles. The van der Waals surface area contributed by atoms with E-state index in [1.54, 1.807) is 14.2 Å². The van der Waals surface area contributed by atoms with Gasteiger partial charge in [-0.2, -0.15) is 0 Å². The van der Waals surface area contributed by atoms with Crippen LogP contribution in [0.15, 0.2) is 60.7 Å². The molecule has 2 unspecified atom stereocenters. The van der Waals surface area contributed by atoms with Crippen molar-refractivity contribution in [1.82, 2.24) is 0 Å². The van der Waals surface area contributed by atoms with Crippen molar-refractivity contribution in [3.63, 3.8) is 0 Å². The number of likely N-dealkylation sites (N-methyl/N-ethyl adjacent to an activating group) is 1. The third kappa shape index (κ3) is 3.10. The van der Waals surface area contributed by atoms with Crippen LogP contribution in [0.5, 0.6) is 23.0 Å². The second-order valence-corrected chi connectivity index (χ2v) is 8.72. The maximum absolute atomic E-state index is 5.85. The van der Waals surface area contributed by atoms with E-state index in [4.69, 9.17) is 18.9 Å². The predicted molar refractivity (Wildman–Crippen MR) is 127 cm³/mol. The van der Waals surface area contributed by atoms with Crippen molar-refractivity contribution < 1.29 is 23.5 Å². The Kier molecular flexibility index (Phi) is 4.64. The van der Waals surface area contributed by atoms with E-state index >= 15 is 0 Å². The van der Waals surface area contributed by atoms with E-state index in [2.05, 4.69) is 72.4 Å². The molecule has 6 rings (SSSR count). The number of methoxy groups -OCH3 is 2. The van der Waals surface area contributed by atoms with Gasteiger partial charge in [0.1, 0.15) is 7.05 Å². The molecule has 5 nitrogen and oxygen atoms in total. The van der Waals surface area contributed by atoms with Crippen molar-refractivity contribution in [1.29, 1.82) is 0 Å². The maximum atomic E-state index is 5.85. The molecule has 3 aromatic carbocycles. The Bertz CT molecular complexity index is 1310. The Morgan fingerprint density at radius 1 is 0.939 bits per heavy atom. The third-order valence-corrected chi connectivity index (χ3v) is 6.92. The molecule has 2 atom stereocenters. The first kappa shape index (κ1) is 19.9. The molecule has 166 valence electrons. The number of allylic oxidation sites excluding steroid dienone is 1. The first-order chi connectivity index (χ1) is 16.2. The monoisotopic (exact) mass is 440 g/mol. The lowest BCUT2D eigenvalue weighted by Crippen LogP contribution is -2.31. The molecule has 0 fully saturated rings. The van der Waals surface area contributed by atoms with Crippen LogP contribution in [-0.4, -0.2) is 38.9 Å². The fourth-order valence-corrected chi connectivity index (χ4v) is 5.43. The van der Waals surface area contributed by atoms with E-state index in [1.165, 1.54) is 27.8 Å². The minimum absolute atomic E-state index is 0.146. The molecule has 0 spiro atoms. The highest BCUT2D eigenvalue weighted by Crippen LogP contribution is 2.51. The number of ether oxygens (including phenoxy) is 4. The van der Waals surface area contributed by atoms with Gasteiger partial charge in [-0.05, 0) is 46.9 Å². The van der Waals surface area contributed by atoms with Crippen LogP contribution in [0.2, 0.25) is 0 Å². The topological polar surface area (TPSA) is 39.9 Å². The van der Waals surface area contributed by atoms with Crippen LogP contribution < -0.4 is 18.9 Å². The molecule has 0 aromatic heterocycles. The largest absolute Gasteiger partial charge is 0.493 e. The standard InChI is InChI=1S/C28H26NO4/c1-29-15-23-19(9-10-24-28(23)33-16-32-24)21-12-18(11-17-7-5-4-6-8-17)20-13-25(30-2)26(31-3)14-22(20)27(21)29/h4-10,12-15,21,27H,11,16H2,1-3H3/q+1. The fraction of sp³-hybridized carbons (Fsp3) is 0.250. The highest BCUT2D eigenvalue weighted by Gasteiger charge is 2.43. The van der Waals surface area contributed by atoms with E-state index in [9.17, 15) is 0 Å². The molecule has 0 bridgehead atoms. The summed E-state index contributed by atoms with van der Waals surface area (Å²) in [6.45, 7) is 0.270. The van der Waals surface area contributed by atoms with Crippen molar-refractivity contribution >= 4 is 11.8 Å². The molecule has 1 aliphatic carbocycles. The molecule has 33 heavy (non-hydrogen) atoms. The SMILES string of the molecule is COc1cc2c(cc1OC)C1C(C=C2Cc2ccccc2)c2ccc3c(c2C=[N+]1C)OCO3. The van der Waals surface area contributed by atoms with Crippen molar-refractivity contribution in [3.8, 4) is 23.0 Å². The summed E-state index contributed by atoms with van der Waals surface area (Å²) in [4.78, 5) is 0. The van der Waals surface area contributed by atoms with E-state index < -0.39 is 0 Å². The summed E-state index contributed by atoms with van der Waals surface area (Å²) in [6, 6.07) is 19.2. The predicted octanol–water partition coefficient (Wildman–Crippen LogP) is 4.97. The average molecular weight is 441 g/mol. The maximum Gasteiger partial charge on any atom is 0.231 e. The summed E-state index contributed by atoms with van der Waals surface area (Å²) < 4.78 is 25.1. The molecule has 2 heterocycles. The first-order valence-corrected chi connectivity index (χ1v) is 11.2. The first-order valence-electron chi connectivity index (χ1n) is 11.2. The van der Waals surface area contributed by atoms with Gasteiger partial charge in [-0.15, -0.1) is 0 Å². The smallest absolute Gasteiger partial charge is 0.231 e. The molecule has 3 aliphatic rings. The van der Waals surface area contributed by atoms with Crippen LogP contribution in [0.3, 0.4) is 0 Å². The van der Waals surface area contributed by atoms with Crippen LogP contribution >= 0.6 is 0 Å². The second kappa shape index (κ2) is 7.69. The normalized spacial score (nSPS) is 19.6. The van der Waals surface area contributed by atoms with Crippen LogP contribution in [0, 0.1) is 0 Å². The molecule has 3 aromatic rings. The number of benzene rings is 3. The van der Waals surface area contributed by atoms with Gasteiger partial charge in [0.25, 0.3) is 0 Å². The van der Waals surface area contributed by atoms with Gasteiger partial charge >= 0.3 is 0 Å². The van der Waals surface area contributed by atoms with Crippen molar-refractivity contribution in [3.05, 3.63) is 88.5 Å². The zero-order chi connectivity index (χ0) is 22.5. The molecule has 5 heteroatoms. The quantitative estimate of drug-likeness (QED) is 0.537. The van der Waals surface area contributed by atoms with Crippen LogP contribution in [0.25, 0.3) is 5.57 Å². The van der Waals surface area contributed by atoms with Gasteiger partial charge < -0.3 is 18.9 Å². The number of fused-ring (bicyclic) bond motifs is 7. The Morgan fingerprint density at radius 3 is 2.52 bits per heavy atom. The Balaban J connectivity index is 1.56. The van der Waals surface area contributed by atoms with Crippen LogP contribution in [0.4, 0.5) is 0 Å². The van der Waals surface area contributed by atoms with Gasteiger partial charge in [-0.3, -0.25) is 0 Å². The minimum atomic E-state index is 0.146. The molecule has 0 amide bonds. The van der Waals surface area contributed by atoms with E-state index in [0.717, 1.165) is 35.0 Å². The lowest BCUT2D eigenvalue weighted by molar-refractivity contribution is -0.544. The summed E-state index contributed by atoms with van der Waals surface area (Å²) in [5, 5.41) is 0. The molecular weight excluding hydrogens is 414 g/mol. The summed E-state index contributed by atoms with van der Waals surface area (Å²) in [6.07, 6.45) is 5.46. The Morgan fingerprint density at radius 2 is 1.73 bits per heavy atom. The number of nitrogens with zero attached hydrogens (tertiary/aromatic N) is 1. The second-order valence-electron chi connectivity index (χ2n) is 8.72. The minimum Gasteiger partial charge on any atom is -0.493 e. The Hall–Kier alpha value is -3.73. The van der Waals surface area contributed by atoms with Gasteiger partial charge in [-0.25, -0.2) is 4.58 Å². The molecule has 0 saturated carbocycles. The van der Waals surface area contributed by atoms with Gasteiger partial charge in [0.2, 0.25) is 6.79 Å². The van der Waals surface area contributed by atoms with E-state index in [0.29, 0.717) is 0 Å². The zero-order valence-electron chi connectivity index (χ0n) is 19.0.